The molecule has 0 spiro atoms. The molecule has 1 aliphatic carbocycles. The number of aryl methyl sites for hydroxylation is 1. The summed E-state index contributed by atoms with van der Waals surface area (Å²) in [5.74, 6) is 0.104. The molecule has 158 valence electrons. The van der Waals surface area contributed by atoms with Gasteiger partial charge in [0.25, 0.3) is 0 Å². The van der Waals surface area contributed by atoms with E-state index in [-0.39, 0.29) is 18.7 Å². The summed E-state index contributed by atoms with van der Waals surface area (Å²) in [6.45, 7) is 1.34. The van der Waals surface area contributed by atoms with Crippen molar-refractivity contribution in [2.24, 2.45) is 0 Å². The summed E-state index contributed by atoms with van der Waals surface area (Å²) in [5.41, 5.74) is -0.0348. The van der Waals surface area contributed by atoms with E-state index in [9.17, 15) is 18.0 Å². The number of furan rings is 1. The van der Waals surface area contributed by atoms with E-state index in [0.717, 1.165) is 30.0 Å². The second-order valence-corrected chi connectivity index (χ2v) is 7.32. The van der Waals surface area contributed by atoms with E-state index >= 15 is 0 Å². The van der Waals surface area contributed by atoms with Gasteiger partial charge in [-0.3, -0.25) is 15.1 Å². The van der Waals surface area contributed by atoms with Gasteiger partial charge < -0.3 is 14.3 Å². The van der Waals surface area contributed by atoms with Gasteiger partial charge in [0.15, 0.2) is 5.69 Å². The van der Waals surface area contributed by atoms with E-state index in [1.807, 2.05) is 6.92 Å². The second kappa shape index (κ2) is 7.32. The number of nitrogens with one attached hydrogen (secondary N) is 1. The molecule has 9 heteroatoms. The number of halogens is 3. The van der Waals surface area contributed by atoms with Gasteiger partial charge >= 0.3 is 12.1 Å². The minimum atomic E-state index is -4.56. The van der Waals surface area contributed by atoms with Crippen LogP contribution in [-0.4, -0.2) is 22.6 Å². The molecule has 0 saturated heterocycles. The van der Waals surface area contributed by atoms with E-state index in [1.54, 1.807) is 18.2 Å². The monoisotopic (exact) mass is 420 g/mol. The summed E-state index contributed by atoms with van der Waals surface area (Å²) in [6.07, 6.45) is -1.93. The molecule has 0 unspecified atom stereocenters. The van der Waals surface area contributed by atoms with Crippen LogP contribution in [0.15, 0.2) is 40.9 Å². The number of hydrogen-bond acceptors (Lipinski definition) is 5. The predicted molar refractivity (Wildman–Crippen MR) is 101 cm³/mol. The highest BCUT2D eigenvalue weighted by Gasteiger charge is 2.47. The molecular formula is C21H19F3N2O4. The lowest BCUT2D eigenvalue weighted by Crippen LogP contribution is -2.33. The molecule has 1 aliphatic rings. The minimum Gasteiger partial charge on any atom is -0.489 e. The molecule has 2 N–H and O–H groups in total. The number of benzene rings is 1. The number of carbonyl (C=O) groups is 1. The molecule has 0 atom stereocenters. The molecule has 4 rings (SSSR count). The first-order chi connectivity index (χ1) is 14.2. The number of alkyl halides is 3. The van der Waals surface area contributed by atoms with Crippen molar-refractivity contribution in [3.63, 3.8) is 0 Å². The Morgan fingerprint density at radius 3 is 2.77 bits per heavy atom. The molecule has 3 aromatic rings. The predicted octanol–water partition coefficient (Wildman–Crippen LogP) is 4.40. The Balaban J connectivity index is 1.61. The van der Waals surface area contributed by atoms with Crippen molar-refractivity contribution in [3.05, 3.63) is 59.1 Å². The van der Waals surface area contributed by atoms with Gasteiger partial charge in [0.1, 0.15) is 23.7 Å². The van der Waals surface area contributed by atoms with Crippen LogP contribution in [0.2, 0.25) is 0 Å². The zero-order chi connectivity index (χ0) is 21.5. The maximum atomic E-state index is 13.1. The highest BCUT2D eigenvalue weighted by Crippen LogP contribution is 2.50. The number of fused-ring (bicyclic) bond motifs is 1. The number of rotatable bonds is 7. The fourth-order valence-electron chi connectivity index (χ4n) is 3.74. The highest BCUT2D eigenvalue weighted by atomic mass is 19.4. The standard InChI is InChI=1S/C21H19F3N2O4/c1-12-18(20(6-7-20)26-10-17(27)28)15-9-14(4-5-16(15)30-12)29-11-13-3-2-8-25-19(13)21(22,23)24/h2-5,8-9,26H,6-7,10-11H2,1H3,(H,27,28). The van der Waals surface area contributed by atoms with Crippen molar-refractivity contribution in [3.8, 4) is 5.75 Å². The summed E-state index contributed by atoms with van der Waals surface area (Å²) >= 11 is 0. The van der Waals surface area contributed by atoms with Crippen molar-refractivity contribution >= 4 is 16.9 Å². The molecule has 2 aromatic heterocycles. The van der Waals surface area contributed by atoms with Crippen molar-refractivity contribution in [1.29, 1.82) is 0 Å². The summed E-state index contributed by atoms with van der Waals surface area (Å²) in [5, 5.41) is 12.8. The van der Waals surface area contributed by atoms with Gasteiger partial charge in [0.05, 0.1) is 6.54 Å². The number of aliphatic carboxylic acids is 1. The smallest absolute Gasteiger partial charge is 0.433 e. The van der Waals surface area contributed by atoms with Crippen LogP contribution in [0, 0.1) is 6.92 Å². The van der Waals surface area contributed by atoms with Crippen molar-refractivity contribution in [2.45, 2.75) is 38.1 Å². The Morgan fingerprint density at radius 1 is 1.33 bits per heavy atom. The minimum absolute atomic E-state index is 0.0597. The third-order valence-electron chi connectivity index (χ3n) is 5.20. The van der Waals surface area contributed by atoms with Gasteiger partial charge in [-0.05, 0) is 44.0 Å². The molecule has 0 radical (unpaired) electrons. The third kappa shape index (κ3) is 3.85. The Kier molecular flexibility index (Phi) is 4.93. The number of aromatic nitrogens is 1. The second-order valence-electron chi connectivity index (χ2n) is 7.32. The fourth-order valence-corrected chi connectivity index (χ4v) is 3.74. The topological polar surface area (TPSA) is 84.6 Å². The molecule has 6 nitrogen and oxygen atoms in total. The molecular weight excluding hydrogens is 401 g/mol. The van der Waals surface area contributed by atoms with Crippen LogP contribution in [-0.2, 0) is 23.1 Å². The first-order valence-electron chi connectivity index (χ1n) is 9.34. The van der Waals surface area contributed by atoms with Gasteiger partial charge in [-0.1, -0.05) is 6.07 Å². The SMILES string of the molecule is Cc1oc2ccc(OCc3cccnc3C(F)(F)F)cc2c1C1(NCC(=O)O)CC1. The van der Waals surface area contributed by atoms with E-state index in [4.69, 9.17) is 14.3 Å². The van der Waals surface area contributed by atoms with Crippen molar-refractivity contribution in [1.82, 2.24) is 10.3 Å². The largest absolute Gasteiger partial charge is 0.489 e. The zero-order valence-electron chi connectivity index (χ0n) is 16.0. The first kappa shape index (κ1) is 20.2. The van der Waals surface area contributed by atoms with E-state index < -0.39 is 23.4 Å². The van der Waals surface area contributed by atoms with Crippen molar-refractivity contribution < 1.29 is 32.2 Å². The summed E-state index contributed by atoms with van der Waals surface area (Å²) in [7, 11) is 0. The summed E-state index contributed by atoms with van der Waals surface area (Å²) in [4.78, 5) is 14.4. The lowest BCUT2D eigenvalue weighted by molar-refractivity contribution is -0.142. The molecule has 2 heterocycles. The average molecular weight is 420 g/mol. The van der Waals surface area contributed by atoms with E-state index in [2.05, 4.69) is 10.3 Å². The van der Waals surface area contributed by atoms with Gasteiger partial charge in [-0.2, -0.15) is 13.2 Å². The summed E-state index contributed by atoms with van der Waals surface area (Å²) < 4.78 is 50.8. The maximum absolute atomic E-state index is 13.1. The molecule has 0 aliphatic heterocycles. The summed E-state index contributed by atoms with van der Waals surface area (Å²) in [6, 6.07) is 7.80. The van der Waals surface area contributed by atoms with Crippen LogP contribution in [0.4, 0.5) is 13.2 Å². The average Bonchev–Trinajstić information content (AvgIpc) is 3.39. The molecule has 30 heavy (non-hydrogen) atoms. The Labute approximate surface area is 169 Å². The number of pyridine rings is 1. The Hall–Kier alpha value is -3.07. The quantitative estimate of drug-likeness (QED) is 0.590. The van der Waals surface area contributed by atoms with Crippen LogP contribution in [0.5, 0.6) is 5.75 Å². The van der Waals surface area contributed by atoms with Crippen LogP contribution >= 0.6 is 0 Å². The number of carboxylic acid groups (broad SMARTS) is 1. The number of hydrogen-bond donors (Lipinski definition) is 2. The van der Waals surface area contributed by atoms with Crippen molar-refractivity contribution in [2.75, 3.05) is 6.54 Å². The molecule has 0 amide bonds. The highest BCUT2D eigenvalue weighted by molar-refractivity contribution is 5.85. The third-order valence-corrected chi connectivity index (χ3v) is 5.20. The van der Waals surface area contributed by atoms with Gasteiger partial charge in [-0.25, -0.2) is 0 Å². The fraction of sp³-hybridized carbons (Fsp3) is 0.333. The first-order valence-corrected chi connectivity index (χ1v) is 9.34. The lowest BCUT2D eigenvalue weighted by atomic mass is 10.0. The molecule has 0 bridgehead atoms. The number of ether oxygens (including phenoxy) is 1. The molecule has 1 aromatic carbocycles. The van der Waals surface area contributed by atoms with Crippen LogP contribution < -0.4 is 10.1 Å². The van der Waals surface area contributed by atoms with Crippen LogP contribution in [0.3, 0.4) is 0 Å². The number of carboxylic acids is 1. The van der Waals surface area contributed by atoms with Crippen LogP contribution in [0.1, 0.15) is 35.4 Å². The van der Waals surface area contributed by atoms with E-state index in [0.29, 0.717) is 17.1 Å². The lowest BCUT2D eigenvalue weighted by Gasteiger charge is -2.16. The zero-order valence-corrected chi connectivity index (χ0v) is 16.0. The van der Waals surface area contributed by atoms with Crippen LogP contribution in [0.25, 0.3) is 11.0 Å². The molecule has 1 saturated carbocycles. The Bertz CT molecular complexity index is 1100. The molecule has 1 fully saturated rings. The van der Waals surface area contributed by atoms with Gasteiger partial charge in [-0.15, -0.1) is 0 Å². The van der Waals surface area contributed by atoms with Gasteiger partial charge in [0, 0.05) is 28.2 Å². The number of nitrogens with zero attached hydrogens (tertiary/aromatic N) is 1. The Morgan fingerprint density at radius 2 is 2.10 bits per heavy atom. The maximum Gasteiger partial charge on any atom is 0.433 e. The van der Waals surface area contributed by atoms with Gasteiger partial charge in [0.2, 0.25) is 0 Å². The van der Waals surface area contributed by atoms with E-state index in [1.165, 1.54) is 12.1 Å². The normalized spacial score (nSPS) is 15.3.